The molecule has 0 saturated carbocycles. The summed E-state index contributed by atoms with van der Waals surface area (Å²) in [5, 5.41) is 15.3. The smallest absolute Gasteiger partial charge is 0.321 e. The second kappa shape index (κ2) is 7.22. The number of amides is 3. The number of nitrogens with one attached hydrogen (secondary N) is 2. The molecule has 2 heterocycles. The summed E-state index contributed by atoms with van der Waals surface area (Å²) in [6, 6.07) is 4.59. The second-order valence-electron chi connectivity index (χ2n) is 4.80. The molecule has 0 aromatic carbocycles. The Balaban J connectivity index is 1.99. The molecular weight excluding hydrogens is 320 g/mol. The summed E-state index contributed by atoms with van der Waals surface area (Å²) < 4.78 is 5.94. The van der Waals surface area contributed by atoms with Crippen LogP contribution in [0, 0.1) is 17.0 Å². The molecule has 0 fully saturated rings. The summed E-state index contributed by atoms with van der Waals surface area (Å²) in [4.78, 5) is 45.4. The quantitative estimate of drug-likeness (QED) is 0.609. The third-order valence-corrected chi connectivity index (χ3v) is 3.18. The topological polar surface area (TPSA) is 136 Å². The van der Waals surface area contributed by atoms with Crippen LogP contribution in [0.3, 0.4) is 0 Å². The van der Waals surface area contributed by atoms with Gasteiger partial charge in [-0.2, -0.15) is 0 Å². The standard InChI is InChI=1S/C14H14N4O6/c1-9-11(18(22)23)4-5-13(20)17(9)8-12(19)16-14(21)15-7-10-3-2-6-24-10/h2-6H,7-8H2,1H3,(H2,15,16,19,21). The van der Waals surface area contributed by atoms with Crippen LogP contribution >= 0.6 is 0 Å². The van der Waals surface area contributed by atoms with E-state index >= 15 is 0 Å². The zero-order valence-corrected chi connectivity index (χ0v) is 12.6. The van der Waals surface area contributed by atoms with E-state index in [0.717, 1.165) is 16.7 Å². The lowest BCUT2D eigenvalue weighted by atomic mass is 10.3. The molecule has 3 amide bonds. The van der Waals surface area contributed by atoms with Gasteiger partial charge in [0.1, 0.15) is 12.3 Å². The Morgan fingerprint density at radius 1 is 1.33 bits per heavy atom. The first-order valence-corrected chi connectivity index (χ1v) is 6.83. The van der Waals surface area contributed by atoms with Crippen molar-refractivity contribution in [3.8, 4) is 0 Å². The van der Waals surface area contributed by atoms with Crippen molar-refractivity contribution in [3.05, 3.63) is 62.5 Å². The lowest BCUT2D eigenvalue weighted by Gasteiger charge is -2.10. The fourth-order valence-electron chi connectivity index (χ4n) is 1.99. The van der Waals surface area contributed by atoms with E-state index in [0.29, 0.717) is 5.76 Å². The molecule has 0 bridgehead atoms. The van der Waals surface area contributed by atoms with Gasteiger partial charge in [0.2, 0.25) is 5.91 Å². The Kier molecular flexibility index (Phi) is 5.09. The Morgan fingerprint density at radius 2 is 2.08 bits per heavy atom. The van der Waals surface area contributed by atoms with Crippen LogP contribution in [0.15, 0.2) is 39.7 Å². The van der Waals surface area contributed by atoms with E-state index in [1.54, 1.807) is 12.1 Å². The van der Waals surface area contributed by atoms with E-state index in [1.165, 1.54) is 13.2 Å². The number of carbonyl (C=O) groups excluding carboxylic acids is 2. The number of imide groups is 1. The highest BCUT2D eigenvalue weighted by Crippen LogP contribution is 2.14. The van der Waals surface area contributed by atoms with Crippen LogP contribution in [-0.2, 0) is 17.9 Å². The zero-order valence-electron chi connectivity index (χ0n) is 12.6. The first-order valence-electron chi connectivity index (χ1n) is 6.83. The van der Waals surface area contributed by atoms with Crippen LogP contribution < -0.4 is 16.2 Å². The minimum atomic E-state index is -0.780. The first-order chi connectivity index (χ1) is 11.4. The van der Waals surface area contributed by atoms with Gasteiger partial charge in [0.25, 0.3) is 11.2 Å². The number of pyridine rings is 1. The molecule has 24 heavy (non-hydrogen) atoms. The van der Waals surface area contributed by atoms with Crippen molar-refractivity contribution in [2.45, 2.75) is 20.0 Å². The average molecular weight is 334 g/mol. The normalized spacial score (nSPS) is 10.2. The summed E-state index contributed by atoms with van der Waals surface area (Å²) >= 11 is 0. The molecule has 2 aromatic rings. The number of hydrogen-bond acceptors (Lipinski definition) is 6. The molecule has 2 N–H and O–H groups in total. The summed E-state index contributed by atoms with van der Waals surface area (Å²) in [5.41, 5.74) is -0.840. The van der Waals surface area contributed by atoms with Gasteiger partial charge >= 0.3 is 6.03 Å². The number of furan rings is 1. The molecular formula is C14H14N4O6. The van der Waals surface area contributed by atoms with Crippen molar-refractivity contribution in [1.82, 2.24) is 15.2 Å². The van der Waals surface area contributed by atoms with Crippen LogP contribution in [0.25, 0.3) is 0 Å². The Labute approximate surface area is 135 Å². The van der Waals surface area contributed by atoms with Crippen molar-refractivity contribution >= 4 is 17.6 Å². The van der Waals surface area contributed by atoms with Crippen LogP contribution in [0.2, 0.25) is 0 Å². The molecule has 0 aliphatic carbocycles. The molecule has 0 atom stereocenters. The van der Waals surface area contributed by atoms with Gasteiger partial charge in [-0.15, -0.1) is 0 Å². The molecule has 10 heteroatoms. The highest BCUT2D eigenvalue weighted by Gasteiger charge is 2.17. The number of carbonyl (C=O) groups is 2. The van der Waals surface area contributed by atoms with Gasteiger partial charge in [0.05, 0.1) is 23.4 Å². The molecule has 0 aliphatic heterocycles. The highest BCUT2D eigenvalue weighted by molar-refractivity contribution is 5.94. The Bertz CT molecular complexity index is 824. The van der Waals surface area contributed by atoms with Crippen LogP contribution in [0.5, 0.6) is 0 Å². The number of urea groups is 1. The predicted octanol–water partition coefficient (Wildman–Crippen LogP) is 0.684. The fourth-order valence-corrected chi connectivity index (χ4v) is 1.99. The van der Waals surface area contributed by atoms with Crippen LogP contribution in [0.4, 0.5) is 10.5 Å². The van der Waals surface area contributed by atoms with Crippen molar-refractivity contribution in [2.75, 3.05) is 0 Å². The SMILES string of the molecule is Cc1c([N+](=O)[O-])ccc(=O)n1CC(=O)NC(=O)NCc1ccco1. The lowest BCUT2D eigenvalue weighted by molar-refractivity contribution is -0.386. The molecule has 0 unspecified atom stereocenters. The molecule has 0 radical (unpaired) electrons. The molecule has 2 aromatic heterocycles. The van der Waals surface area contributed by atoms with Gasteiger partial charge in [0.15, 0.2) is 0 Å². The molecule has 0 spiro atoms. The maximum absolute atomic E-state index is 11.8. The average Bonchev–Trinajstić information content (AvgIpc) is 3.02. The predicted molar refractivity (Wildman–Crippen MR) is 81.2 cm³/mol. The van der Waals surface area contributed by atoms with E-state index in [2.05, 4.69) is 5.32 Å². The van der Waals surface area contributed by atoms with E-state index in [1.807, 2.05) is 5.32 Å². The minimum absolute atomic E-state index is 0.0265. The van der Waals surface area contributed by atoms with Crippen molar-refractivity contribution in [1.29, 1.82) is 0 Å². The molecule has 0 saturated heterocycles. The molecule has 2 rings (SSSR count). The number of nitrogens with zero attached hydrogens (tertiary/aromatic N) is 2. The number of rotatable bonds is 5. The largest absolute Gasteiger partial charge is 0.467 e. The fraction of sp³-hybridized carbons (Fsp3) is 0.214. The van der Waals surface area contributed by atoms with Gasteiger partial charge in [-0.1, -0.05) is 0 Å². The summed E-state index contributed by atoms with van der Waals surface area (Å²) in [6.45, 7) is 0.923. The second-order valence-corrected chi connectivity index (χ2v) is 4.80. The van der Waals surface area contributed by atoms with Gasteiger partial charge in [-0.3, -0.25) is 29.6 Å². The first kappa shape index (κ1) is 16.9. The van der Waals surface area contributed by atoms with Gasteiger partial charge < -0.3 is 9.73 Å². The number of hydrogen-bond donors (Lipinski definition) is 2. The monoisotopic (exact) mass is 334 g/mol. The van der Waals surface area contributed by atoms with Gasteiger partial charge in [-0.05, 0) is 19.1 Å². The van der Waals surface area contributed by atoms with Crippen molar-refractivity contribution < 1.29 is 18.9 Å². The molecule has 0 aliphatic rings. The summed E-state index contributed by atoms with van der Waals surface area (Å²) in [5.74, 6) is -0.277. The lowest BCUT2D eigenvalue weighted by Crippen LogP contribution is -2.42. The van der Waals surface area contributed by atoms with E-state index in [-0.39, 0.29) is 17.9 Å². The molecule has 10 nitrogen and oxygen atoms in total. The van der Waals surface area contributed by atoms with Gasteiger partial charge in [0, 0.05) is 12.1 Å². The van der Waals surface area contributed by atoms with E-state index in [4.69, 9.17) is 4.42 Å². The molecule has 126 valence electrons. The zero-order chi connectivity index (χ0) is 17.7. The number of nitro groups is 1. The van der Waals surface area contributed by atoms with Crippen molar-refractivity contribution in [2.24, 2.45) is 0 Å². The van der Waals surface area contributed by atoms with Crippen molar-refractivity contribution in [3.63, 3.8) is 0 Å². The third kappa shape index (κ3) is 4.06. The minimum Gasteiger partial charge on any atom is -0.467 e. The van der Waals surface area contributed by atoms with E-state index in [9.17, 15) is 24.5 Å². The van der Waals surface area contributed by atoms with E-state index < -0.39 is 29.0 Å². The Morgan fingerprint density at radius 3 is 2.71 bits per heavy atom. The van der Waals surface area contributed by atoms with Crippen LogP contribution in [-0.4, -0.2) is 21.4 Å². The third-order valence-electron chi connectivity index (χ3n) is 3.18. The number of aromatic nitrogens is 1. The summed E-state index contributed by atoms with van der Waals surface area (Å²) in [6.07, 6.45) is 1.44. The maximum atomic E-state index is 11.8. The van der Waals surface area contributed by atoms with Crippen LogP contribution in [0.1, 0.15) is 11.5 Å². The highest BCUT2D eigenvalue weighted by atomic mass is 16.6. The van der Waals surface area contributed by atoms with Gasteiger partial charge in [-0.25, -0.2) is 4.79 Å². The summed E-state index contributed by atoms with van der Waals surface area (Å²) in [7, 11) is 0. The maximum Gasteiger partial charge on any atom is 0.321 e. The Hall–Kier alpha value is -3.43.